The van der Waals surface area contributed by atoms with Crippen LogP contribution in [-0.4, -0.2) is 25.1 Å². The quantitative estimate of drug-likeness (QED) is 0.435. The van der Waals surface area contributed by atoms with E-state index in [9.17, 15) is 9.59 Å². The lowest BCUT2D eigenvalue weighted by Gasteiger charge is -2.10. The minimum atomic E-state index is -0.652. The largest absolute Gasteiger partial charge is 0.497 e. The second-order valence-corrected chi connectivity index (χ2v) is 4.15. The third-order valence-corrected chi connectivity index (χ3v) is 2.98. The highest BCUT2D eigenvalue weighted by Crippen LogP contribution is 2.31. The molecule has 0 radical (unpaired) electrons. The molecule has 0 aliphatic heterocycles. The van der Waals surface area contributed by atoms with Crippen LogP contribution in [-0.2, 0) is 0 Å². The van der Waals surface area contributed by atoms with Crippen LogP contribution in [0.2, 0.25) is 0 Å². The predicted octanol–water partition coefficient (Wildman–Crippen LogP) is 0.663. The molecule has 0 fully saturated rings. The molecule has 2 aromatic rings. The molecule has 0 bridgehead atoms. The van der Waals surface area contributed by atoms with Crippen LogP contribution in [0.3, 0.4) is 0 Å². The lowest BCUT2D eigenvalue weighted by Crippen LogP contribution is -2.34. The Morgan fingerprint density at radius 1 is 1.19 bits per heavy atom. The Hall–Kier alpha value is -2.80. The molecule has 21 heavy (non-hydrogen) atoms. The van der Waals surface area contributed by atoms with Crippen molar-refractivity contribution in [2.24, 2.45) is 5.84 Å². The zero-order valence-corrected chi connectivity index (χ0v) is 11.6. The van der Waals surface area contributed by atoms with Gasteiger partial charge in [-0.2, -0.15) is 0 Å². The van der Waals surface area contributed by atoms with Crippen molar-refractivity contribution >= 4 is 5.91 Å². The van der Waals surface area contributed by atoms with Gasteiger partial charge in [-0.05, 0) is 30.3 Å². The molecule has 0 unspecified atom stereocenters. The number of aromatic nitrogens is 1. The third kappa shape index (κ3) is 2.87. The molecule has 4 N–H and O–H groups in total. The number of aromatic amines is 1. The number of hydrogen-bond donors (Lipinski definition) is 3. The van der Waals surface area contributed by atoms with Crippen LogP contribution in [0.25, 0.3) is 11.3 Å². The molecule has 7 nitrogen and oxygen atoms in total. The van der Waals surface area contributed by atoms with Gasteiger partial charge in [0.05, 0.1) is 19.9 Å². The van der Waals surface area contributed by atoms with Gasteiger partial charge in [0.15, 0.2) is 0 Å². The number of pyridine rings is 1. The van der Waals surface area contributed by atoms with Crippen LogP contribution in [0.4, 0.5) is 0 Å². The monoisotopic (exact) mass is 289 g/mol. The fraction of sp³-hybridized carbons (Fsp3) is 0.143. The lowest BCUT2D eigenvalue weighted by atomic mass is 10.1. The van der Waals surface area contributed by atoms with Gasteiger partial charge in [-0.25, -0.2) is 5.84 Å². The molecule has 1 aromatic carbocycles. The number of ether oxygens (including phenoxy) is 2. The van der Waals surface area contributed by atoms with Gasteiger partial charge in [0.2, 0.25) is 0 Å². The number of carbonyl (C=O) groups excluding carboxylic acids is 1. The van der Waals surface area contributed by atoms with E-state index in [4.69, 9.17) is 15.3 Å². The van der Waals surface area contributed by atoms with Crippen molar-refractivity contribution in [1.29, 1.82) is 0 Å². The van der Waals surface area contributed by atoms with E-state index in [1.54, 1.807) is 31.4 Å². The number of nitrogens with one attached hydrogen (secondary N) is 2. The Labute approximate surface area is 120 Å². The van der Waals surface area contributed by atoms with Crippen molar-refractivity contribution < 1.29 is 14.3 Å². The van der Waals surface area contributed by atoms with E-state index < -0.39 is 11.5 Å². The van der Waals surface area contributed by atoms with Crippen molar-refractivity contribution in [3.63, 3.8) is 0 Å². The summed E-state index contributed by atoms with van der Waals surface area (Å²) in [5, 5.41) is 0. The minimum absolute atomic E-state index is 0.0666. The first kappa shape index (κ1) is 14.6. The van der Waals surface area contributed by atoms with Crippen LogP contribution in [0.5, 0.6) is 11.5 Å². The normalized spacial score (nSPS) is 10.0. The smallest absolute Gasteiger partial charge is 0.270 e. The molecule has 2 rings (SSSR count). The molecule has 0 saturated carbocycles. The van der Waals surface area contributed by atoms with Crippen molar-refractivity contribution in [3.8, 4) is 22.8 Å². The molecular formula is C14H15N3O4. The van der Waals surface area contributed by atoms with Gasteiger partial charge >= 0.3 is 0 Å². The standard InChI is InChI=1S/C14H15N3O4/c1-20-8-3-6-12(21-2)10(7-8)11-5-4-9(13(18)16-11)14(19)17-15/h3-7H,15H2,1-2H3,(H,16,18)(H,17,19). The topological polar surface area (TPSA) is 106 Å². The van der Waals surface area contributed by atoms with Crippen molar-refractivity contribution in [2.45, 2.75) is 0 Å². The maximum absolute atomic E-state index is 11.9. The highest BCUT2D eigenvalue weighted by atomic mass is 16.5. The Morgan fingerprint density at radius 3 is 2.52 bits per heavy atom. The minimum Gasteiger partial charge on any atom is -0.497 e. The number of benzene rings is 1. The van der Waals surface area contributed by atoms with Gasteiger partial charge in [-0.1, -0.05) is 0 Å². The summed E-state index contributed by atoms with van der Waals surface area (Å²) in [5.41, 5.74) is 2.46. The number of amides is 1. The van der Waals surface area contributed by atoms with E-state index in [0.717, 1.165) is 0 Å². The summed E-state index contributed by atoms with van der Waals surface area (Å²) in [7, 11) is 3.07. The van der Waals surface area contributed by atoms with E-state index >= 15 is 0 Å². The number of carbonyl (C=O) groups is 1. The highest BCUT2D eigenvalue weighted by Gasteiger charge is 2.13. The summed E-state index contributed by atoms with van der Waals surface area (Å²) >= 11 is 0. The summed E-state index contributed by atoms with van der Waals surface area (Å²) < 4.78 is 10.4. The van der Waals surface area contributed by atoms with Gasteiger partial charge in [-0.15, -0.1) is 0 Å². The summed E-state index contributed by atoms with van der Waals surface area (Å²) in [4.78, 5) is 26.0. The maximum Gasteiger partial charge on any atom is 0.270 e. The number of nitrogen functional groups attached to an aromatic ring is 1. The van der Waals surface area contributed by atoms with Gasteiger partial charge in [0, 0.05) is 5.56 Å². The first-order valence-corrected chi connectivity index (χ1v) is 6.07. The zero-order valence-electron chi connectivity index (χ0n) is 11.6. The fourth-order valence-electron chi connectivity index (χ4n) is 1.91. The van der Waals surface area contributed by atoms with Crippen molar-refractivity contribution in [2.75, 3.05) is 14.2 Å². The molecule has 110 valence electrons. The Morgan fingerprint density at radius 2 is 1.95 bits per heavy atom. The second-order valence-electron chi connectivity index (χ2n) is 4.15. The third-order valence-electron chi connectivity index (χ3n) is 2.98. The predicted molar refractivity (Wildman–Crippen MR) is 77.3 cm³/mol. The maximum atomic E-state index is 11.9. The molecule has 0 aliphatic rings. The number of H-pyrrole nitrogens is 1. The van der Waals surface area contributed by atoms with E-state index in [1.165, 1.54) is 13.2 Å². The fourth-order valence-corrected chi connectivity index (χ4v) is 1.91. The van der Waals surface area contributed by atoms with E-state index in [0.29, 0.717) is 22.8 Å². The van der Waals surface area contributed by atoms with E-state index in [-0.39, 0.29) is 5.56 Å². The Bertz CT molecular complexity index is 724. The summed E-state index contributed by atoms with van der Waals surface area (Å²) in [5.74, 6) is 5.56. The van der Waals surface area contributed by atoms with Crippen LogP contribution in [0.1, 0.15) is 10.4 Å². The molecule has 1 amide bonds. The number of rotatable bonds is 4. The van der Waals surface area contributed by atoms with Crippen molar-refractivity contribution in [3.05, 3.63) is 46.2 Å². The Kier molecular flexibility index (Phi) is 4.24. The van der Waals surface area contributed by atoms with Gasteiger partial charge in [-0.3, -0.25) is 15.0 Å². The lowest BCUT2D eigenvalue weighted by molar-refractivity contribution is 0.0952. The number of nitrogens with two attached hydrogens (primary N) is 1. The molecule has 7 heteroatoms. The van der Waals surface area contributed by atoms with Crippen LogP contribution in [0, 0.1) is 0 Å². The molecule has 1 aromatic heterocycles. The zero-order chi connectivity index (χ0) is 15.4. The SMILES string of the molecule is COc1ccc(OC)c(-c2ccc(C(=O)NN)c(=O)[nH]2)c1. The van der Waals surface area contributed by atoms with Gasteiger partial charge < -0.3 is 14.5 Å². The van der Waals surface area contributed by atoms with Crippen LogP contribution in [0.15, 0.2) is 35.1 Å². The number of methoxy groups -OCH3 is 2. The first-order valence-electron chi connectivity index (χ1n) is 6.07. The number of hydrogen-bond acceptors (Lipinski definition) is 5. The number of hydrazine groups is 1. The highest BCUT2D eigenvalue weighted by molar-refractivity contribution is 5.93. The molecule has 1 heterocycles. The van der Waals surface area contributed by atoms with Gasteiger partial charge in [0.25, 0.3) is 11.5 Å². The summed E-state index contributed by atoms with van der Waals surface area (Å²) in [6.07, 6.45) is 0. The Balaban J connectivity index is 2.54. The molecule has 0 saturated heterocycles. The summed E-state index contributed by atoms with van der Waals surface area (Å²) in [6, 6.07) is 8.20. The molecular weight excluding hydrogens is 274 g/mol. The van der Waals surface area contributed by atoms with Crippen LogP contribution >= 0.6 is 0 Å². The average Bonchev–Trinajstić information content (AvgIpc) is 2.53. The molecule has 0 aliphatic carbocycles. The van der Waals surface area contributed by atoms with Crippen molar-refractivity contribution in [1.82, 2.24) is 10.4 Å². The first-order chi connectivity index (χ1) is 10.1. The molecule has 0 spiro atoms. The van der Waals surface area contributed by atoms with Crippen LogP contribution < -0.4 is 26.3 Å². The van der Waals surface area contributed by atoms with E-state index in [2.05, 4.69) is 4.98 Å². The van der Waals surface area contributed by atoms with Gasteiger partial charge in [0.1, 0.15) is 17.1 Å². The summed E-state index contributed by atoms with van der Waals surface area (Å²) in [6.45, 7) is 0. The molecule has 0 atom stereocenters. The average molecular weight is 289 g/mol. The van der Waals surface area contributed by atoms with E-state index in [1.807, 2.05) is 5.43 Å². The second kappa shape index (κ2) is 6.10.